The van der Waals surface area contributed by atoms with E-state index in [2.05, 4.69) is 31.8 Å². The number of halogens is 1. The number of carbonyl (C=O) groups is 1. The molecule has 3 rings (SSSR count). The molecule has 0 radical (unpaired) electrons. The highest BCUT2D eigenvalue weighted by molar-refractivity contribution is 9.10. The number of ether oxygens (including phenoxy) is 3. The van der Waals surface area contributed by atoms with Crippen molar-refractivity contribution in [2.24, 2.45) is 5.10 Å². The summed E-state index contributed by atoms with van der Waals surface area (Å²) in [4.78, 5) is 12.6. The molecule has 2 N–H and O–H groups in total. The molecule has 0 heterocycles. The molecule has 7 nitrogen and oxygen atoms in total. The number of carbonyl (C=O) groups excluding carboxylic acids is 1. The molecule has 0 amide bonds. The first-order valence-electron chi connectivity index (χ1n) is 9.97. The van der Waals surface area contributed by atoms with E-state index in [1.165, 1.54) is 6.21 Å². The Kier molecular flexibility index (Phi) is 8.79. The Morgan fingerprint density at radius 2 is 1.76 bits per heavy atom. The Morgan fingerprint density at radius 3 is 2.42 bits per heavy atom. The van der Waals surface area contributed by atoms with E-state index in [1.54, 1.807) is 49.6 Å². The summed E-state index contributed by atoms with van der Waals surface area (Å²) in [5, 5.41) is 7.48. The molecule has 0 aromatic heterocycles. The third kappa shape index (κ3) is 7.30. The fourth-order valence-corrected chi connectivity index (χ4v) is 3.27. The molecule has 3 aromatic carbocycles. The number of nitrogens with one attached hydrogen (secondary N) is 2. The average Bonchev–Trinajstić information content (AvgIpc) is 2.82. The maximum Gasteiger partial charge on any atom is 0.343 e. The van der Waals surface area contributed by atoms with Crippen molar-refractivity contribution in [3.05, 3.63) is 82.3 Å². The Balaban J connectivity index is 1.64. The molecule has 0 bridgehead atoms. The van der Waals surface area contributed by atoms with Crippen LogP contribution in [0.3, 0.4) is 0 Å². The number of hydrogen-bond acceptors (Lipinski definition) is 6. The number of anilines is 1. The SMILES string of the molecule is CCOc1ccc(C(=O)Oc2ccc(Br)cc2/C=N\NC(=S)Nc2ccc(OC)cc2)cc1. The fourth-order valence-electron chi connectivity index (χ4n) is 2.72. The lowest BCUT2D eigenvalue weighted by Crippen LogP contribution is -2.23. The van der Waals surface area contributed by atoms with Crippen molar-refractivity contribution in [2.45, 2.75) is 6.92 Å². The molecule has 0 aliphatic heterocycles. The van der Waals surface area contributed by atoms with Crippen LogP contribution >= 0.6 is 28.1 Å². The monoisotopic (exact) mass is 527 g/mol. The Hall–Kier alpha value is -3.43. The number of thiocarbonyl (C=S) groups is 1. The zero-order valence-corrected chi connectivity index (χ0v) is 20.4. The van der Waals surface area contributed by atoms with Crippen LogP contribution in [-0.2, 0) is 0 Å². The number of methoxy groups -OCH3 is 1. The molecule has 0 unspecified atom stereocenters. The molecule has 0 aliphatic carbocycles. The first-order valence-corrected chi connectivity index (χ1v) is 11.2. The summed E-state index contributed by atoms with van der Waals surface area (Å²) in [5.41, 5.74) is 4.53. The Labute approximate surface area is 205 Å². The van der Waals surface area contributed by atoms with Crippen LogP contribution in [0.2, 0.25) is 0 Å². The van der Waals surface area contributed by atoms with Gasteiger partial charge in [-0.05, 0) is 85.9 Å². The van der Waals surface area contributed by atoms with E-state index in [0.29, 0.717) is 34.3 Å². The van der Waals surface area contributed by atoms with Gasteiger partial charge in [0, 0.05) is 15.7 Å². The van der Waals surface area contributed by atoms with Crippen molar-refractivity contribution in [2.75, 3.05) is 19.0 Å². The molecule has 9 heteroatoms. The summed E-state index contributed by atoms with van der Waals surface area (Å²) >= 11 is 8.68. The summed E-state index contributed by atoms with van der Waals surface area (Å²) in [7, 11) is 1.61. The molecule has 0 atom stereocenters. The maximum atomic E-state index is 12.6. The normalized spacial score (nSPS) is 10.5. The van der Waals surface area contributed by atoms with Crippen LogP contribution in [0.4, 0.5) is 5.69 Å². The molecule has 0 aliphatic rings. The van der Waals surface area contributed by atoms with Gasteiger partial charge in [-0.1, -0.05) is 15.9 Å². The minimum Gasteiger partial charge on any atom is -0.497 e. The molecule has 0 fully saturated rings. The van der Waals surface area contributed by atoms with E-state index in [-0.39, 0.29) is 0 Å². The fraction of sp³-hybridized carbons (Fsp3) is 0.125. The van der Waals surface area contributed by atoms with Crippen LogP contribution in [0, 0.1) is 0 Å². The van der Waals surface area contributed by atoms with E-state index < -0.39 is 5.97 Å². The van der Waals surface area contributed by atoms with Crippen molar-refractivity contribution >= 4 is 51.1 Å². The van der Waals surface area contributed by atoms with Gasteiger partial charge in [0.2, 0.25) is 0 Å². The van der Waals surface area contributed by atoms with Gasteiger partial charge in [0.05, 0.1) is 25.5 Å². The predicted molar refractivity (Wildman–Crippen MR) is 137 cm³/mol. The predicted octanol–water partition coefficient (Wildman–Crippen LogP) is 5.40. The zero-order valence-electron chi connectivity index (χ0n) is 18.0. The molecular weight excluding hydrogens is 506 g/mol. The third-order valence-electron chi connectivity index (χ3n) is 4.29. The standard InChI is InChI=1S/C24H22BrN3O4S/c1-3-31-21-9-4-16(5-10-21)23(29)32-22-13-6-18(25)14-17(22)15-26-28-24(33)27-19-7-11-20(30-2)12-8-19/h4-15H,3H2,1-2H3,(H2,27,28,33)/b26-15-. The first-order chi connectivity index (χ1) is 16.0. The van der Waals surface area contributed by atoms with Gasteiger partial charge in [-0.2, -0.15) is 5.10 Å². The van der Waals surface area contributed by atoms with Crippen LogP contribution in [0.15, 0.2) is 76.3 Å². The number of hydrazone groups is 1. The van der Waals surface area contributed by atoms with Gasteiger partial charge in [-0.25, -0.2) is 4.79 Å². The van der Waals surface area contributed by atoms with E-state index in [0.717, 1.165) is 15.9 Å². The molecule has 0 saturated heterocycles. The Morgan fingerprint density at radius 1 is 1.06 bits per heavy atom. The summed E-state index contributed by atoms with van der Waals surface area (Å²) in [6, 6.07) is 19.3. The second-order valence-corrected chi connectivity index (χ2v) is 7.91. The van der Waals surface area contributed by atoms with Crippen molar-refractivity contribution in [1.82, 2.24) is 5.43 Å². The van der Waals surface area contributed by atoms with E-state index in [4.69, 9.17) is 26.4 Å². The topological polar surface area (TPSA) is 81.2 Å². The second kappa shape index (κ2) is 12.0. The minimum absolute atomic E-state index is 0.305. The van der Waals surface area contributed by atoms with Gasteiger partial charge in [0.1, 0.15) is 17.2 Å². The molecule has 0 spiro atoms. The van der Waals surface area contributed by atoms with Crippen LogP contribution < -0.4 is 25.0 Å². The largest absolute Gasteiger partial charge is 0.497 e. The summed E-state index contributed by atoms with van der Waals surface area (Å²) in [5.74, 6) is 1.31. The van der Waals surface area contributed by atoms with Crippen LogP contribution in [0.5, 0.6) is 17.2 Å². The van der Waals surface area contributed by atoms with Gasteiger partial charge in [-0.3, -0.25) is 5.43 Å². The average molecular weight is 528 g/mol. The quantitative estimate of drug-likeness (QED) is 0.133. The van der Waals surface area contributed by atoms with Gasteiger partial charge >= 0.3 is 5.97 Å². The van der Waals surface area contributed by atoms with E-state index in [1.807, 2.05) is 31.2 Å². The van der Waals surface area contributed by atoms with Crippen molar-refractivity contribution in [3.8, 4) is 17.2 Å². The van der Waals surface area contributed by atoms with Crippen LogP contribution in [-0.4, -0.2) is 31.0 Å². The smallest absolute Gasteiger partial charge is 0.343 e. The highest BCUT2D eigenvalue weighted by atomic mass is 79.9. The minimum atomic E-state index is -0.486. The van der Waals surface area contributed by atoms with E-state index in [9.17, 15) is 4.79 Å². The van der Waals surface area contributed by atoms with Crippen LogP contribution in [0.1, 0.15) is 22.8 Å². The maximum absolute atomic E-state index is 12.6. The molecule has 170 valence electrons. The van der Waals surface area contributed by atoms with Gasteiger partial charge < -0.3 is 19.5 Å². The van der Waals surface area contributed by atoms with Gasteiger partial charge in [0.25, 0.3) is 0 Å². The first kappa shape index (κ1) is 24.2. The van der Waals surface area contributed by atoms with Crippen molar-refractivity contribution < 1.29 is 19.0 Å². The number of hydrogen-bond donors (Lipinski definition) is 2. The summed E-state index contributed by atoms with van der Waals surface area (Å²) < 4.78 is 16.9. The third-order valence-corrected chi connectivity index (χ3v) is 4.98. The number of esters is 1. The lowest BCUT2D eigenvalue weighted by atomic mass is 10.2. The summed E-state index contributed by atoms with van der Waals surface area (Å²) in [6.45, 7) is 2.45. The van der Waals surface area contributed by atoms with Gasteiger partial charge in [0.15, 0.2) is 5.11 Å². The highest BCUT2D eigenvalue weighted by Crippen LogP contribution is 2.23. The second-order valence-electron chi connectivity index (χ2n) is 6.58. The molecule has 3 aromatic rings. The summed E-state index contributed by atoms with van der Waals surface area (Å²) in [6.07, 6.45) is 1.52. The lowest BCUT2D eigenvalue weighted by molar-refractivity contribution is 0.0734. The van der Waals surface area contributed by atoms with Crippen molar-refractivity contribution in [3.63, 3.8) is 0 Å². The van der Waals surface area contributed by atoms with E-state index >= 15 is 0 Å². The number of nitrogens with zero attached hydrogens (tertiary/aromatic N) is 1. The lowest BCUT2D eigenvalue weighted by Gasteiger charge is -2.10. The number of rotatable bonds is 8. The molecular formula is C24H22BrN3O4S. The number of benzene rings is 3. The molecule has 33 heavy (non-hydrogen) atoms. The van der Waals surface area contributed by atoms with Crippen molar-refractivity contribution in [1.29, 1.82) is 0 Å². The van der Waals surface area contributed by atoms with Crippen LogP contribution in [0.25, 0.3) is 0 Å². The Bertz CT molecular complexity index is 1140. The molecule has 0 saturated carbocycles. The zero-order chi connectivity index (χ0) is 23.6. The van der Waals surface area contributed by atoms with Gasteiger partial charge in [-0.15, -0.1) is 0 Å². The highest BCUT2D eigenvalue weighted by Gasteiger charge is 2.12.